The highest BCUT2D eigenvalue weighted by atomic mass is 35.5. The van der Waals surface area contributed by atoms with Gasteiger partial charge in [0.1, 0.15) is 11.5 Å². The van der Waals surface area contributed by atoms with Crippen LogP contribution in [0.2, 0.25) is 5.02 Å². The largest absolute Gasteiger partial charge is 0.492 e. The number of anilines is 2. The number of halogens is 1. The van der Waals surface area contributed by atoms with E-state index in [4.69, 9.17) is 25.8 Å². The zero-order valence-electron chi connectivity index (χ0n) is 19.4. The fourth-order valence-corrected chi connectivity index (χ4v) is 5.20. The Bertz CT molecular complexity index is 1150. The van der Waals surface area contributed by atoms with Gasteiger partial charge < -0.3 is 24.4 Å². The van der Waals surface area contributed by atoms with Crippen LogP contribution >= 0.6 is 23.4 Å². The third kappa shape index (κ3) is 5.71. The van der Waals surface area contributed by atoms with Crippen LogP contribution < -0.4 is 19.7 Å². The molecule has 0 atom stereocenters. The van der Waals surface area contributed by atoms with Crippen LogP contribution in [-0.4, -0.2) is 51.2 Å². The van der Waals surface area contributed by atoms with Crippen LogP contribution in [0.25, 0.3) is 10.8 Å². The van der Waals surface area contributed by atoms with E-state index in [1.807, 2.05) is 62.4 Å². The minimum absolute atomic E-state index is 0.128. The molecule has 0 aromatic heterocycles. The highest BCUT2D eigenvalue weighted by Gasteiger charge is 2.20. The number of nitrogens with one attached hydrogen (secondary N) is 1. The predicted octanol–water partition coefficient (Wildman–Crippen LogP) is 5.86. The van der Waals surface area contributed by atoms with Gasteiger partial charge in [0.15, 0.2) is 0 Å². The van der Waals surface area contributed by atoms with Gasteiger partial charge >= 0.3 is 0 Å². The second-order valence-electron chi connectivity index (χ2n) is 7.71. The van der Waals surface area contributed by atoms with Crippen molar-refractivity contribution < 1.29 is 19.0 Å². The van der Waals surface area contributed by atoms with Gasteiger partial charge in [0.05, 0.1) is 43.6 Å². The van der Waals surface area contributed by atoms with Gasteiger partial charge in [-0.15, -0.1) is 11.8 Å². The van der Waals surface area contributed by atoms with Gasteiger partial charge in [0, 0.05) is 40.5 Å². The minimum atomic E-state index is -0.128. The normalized spacial score (nSPS) is 13.7. The Morgan fingerprint density at radius 1 is 1.06 bits per heavy atom. The summed E-state index contributed by atoms with van der Waals surface area (Å²) in [6, 6.07) is 15.6. The lowest BCUT2D eigenvalue weighted by Crippen LogP contribution is -2.36. The van der Waals surface area contributed by atoms with E-state index in [0.717, 1.165) is 40.2 Å². The molecular weight excluding hydrogens is 472 g/mol. The van der Waals surface area contributed by atoms with Gasteiger partial charge in [-0.25, -0.2) is 0 Å². The molecule has 1 aliphatic heterocycles. The fourth-order valence-electron chi connectivity index (χ4n) is 3.96. The number of nitrogens with zero attached hydrogens (tertiary/aromatic N) is 1. The molecule has 0 bridgehead atoms. The third-order valence-electron chi connectivity index (χ3n) is 5.46. The number of fused-ring (bicyclic) bond motifs is 1. The van der Waals surface area contributed by atoms with Crippen molar-refractivity contribution in [3.05, 3.63) is 53.6 Å². The van der Waals surface area contributed by atoms with Crippen LogP contribution in [0.5, 0.6) is 11.5 Å². The molecule has 0 aliphatic carbocycles. The molecule has 0 saturated carbocycles. The Kier molecular flexibility index (Phi) is 8.43. The number of hydrogen-bond donors (Lipinski definition) is 1. The molecule has 180 valence electrons. The van der Waals surface area contributed by atoms with E-state index in [0.29, 0.717) is 42.9 Å². The lowest BCUT2D eigenvalue weighted by molar-refractivity contribution is -0.113. The molecule has 34 heavy (non-hydrogen) atoms. The number of morpholine rings is 1. The smallest absolute Gasteiger partial charge is 0.234 e. The molecule has 3 aromatic carbocycles. The van der Waals surface area contributed by atoms with Crippen molar-refractivity contribution in [1.29, 1.82) is 0 Å². The quantitative estimate of drug-likeness (QED) is 0.371. The topological polar surface area (TPSA) is 60.0 Å². The monoisotopic (exact) mass is 500 g/mol. The van der Waals surface area contributed by atoms with Gasteiger partial charge in [0.2, 0.25) is 5.91 Å². The summed E-state index contributed by atoms with van der Waals surface area (Å²) in [5.74, 6) is 1.46. The Balaban J connectivity index is 1.54. The molecular formula is C26H29ClN2O4S. The summed E-state index contributed by atoms with van der Waals surface area (Å²) in [7, 11) is 0. The van der Waals surface area contributed by atoms with Crippen LogP contribution in [0.1, 0.15) is 13.8 Å². The number of amides is 1. The fraction of sp³-hybridized carbons (Fsp3) is 0.346. The number of benzene rings is 3. The third-order valence-corrected chi connectivity index (χ3v) is 6.83. The van der Waals surface area contributed by atoms with Crippen LogP contribution in [0.3, 0.4) is 0 Å². The Morgan fingerprint density at radius 3 is 2.50 bits per heavy atom. The number of thioether (sulfide) groups is 1. The van der Waals surface area contributed by atoms with Crippen LogP contribution in [0, 0.1) is 0 Å². The average molecular weight is 501 g/mol. The predicted molar refractivity (Wildman–Crippen MR) is 140 cm³/mol. The SMILES string of the molecule is CCOc1cc(N2CCOCC2)c(OCC)cc1NC(=O)CSc1cccc2cccc(Cl)c12. The van der Waals surface area contributed by atoms with Gasteiger partial charge in [-0.05, 0) is 31.4 Å². The number of rotatable bonds is 9. The van der Waals surface area contributed by atoms with E-state index < -0.39 is 0 Å². The zero-order chi connectivity index (χ0) is 23.9. The molecule has 4 rings (SSSR count). The first-order valence-electron chi connectivity index (χ1n) is 11.5. The molecule has 0 spiro atoms. The molecule has 1 aliphatic rings. The molecule has 1 N–H and O–H groups in total. The highest BCUT2D eigenvalue weighted by Crippen LogP contribution is 2.40. The number of hydrogen-bond acceptors (Lipinski definition) is 6. The summed E-state index contributed by atoms with van der Waals surface area (Å²) in [5, 5.41) is 5.71. The average Bonchev–Trinajstić information content (AvgIpc) is 2.85. The van der Waals surface area contributed by atoms with E-state index in [1.54, 1.807) is 0 Å². The van der Waals surface area contributed by atoms with Gasteiger partial charge in [-0.1, -0.05) is 35.9 Å². The summed E-state index contributed by atoms with van der Waals surface area (Å²) in [5.41, 5.74) is 1.55. The van der Waals surface area contributed by atoms with Crippen molar-refractivity contribution in [1.82, 2.24) is 0 Å². The number of carbonyl (C=O) groups excluding carboxylic acids is 1. The van der Waals surface area contributed by atoms with Gasteiger partial charge in [-0.2, -0.15) is 0 Å². The maximum atomic E-state index is 12.9. The van der Waals surface area contributed by atoms with E-state index in [9.17, 15) is 4.79 Å². The van der Waals surface area contributed by atoms with Crippen molar-refractivity contribution >= 4 is 51.4 Å². The van der Waals surface area contributed by atoms with E-state index in [1.165, 1.54) is 11.8 Å². The lowest BCUT2D eigenvalue weighted by Gasteiger charge is -2.31. The van der Waals surface area contributed by atoms with Crippen molar-refractivity contribution in [3.63, 3.8) is 0 Å². The molecule has 1 heterocycles. The summed E-state index contributed by atoms with van der Waals surface area (Å²) in [6.45, 7) is 7.79. The number of carbonyl (C=O) groups is 1. The second kappa shape index (κ2) is 11.7. The van der Waals surface area contributed by atoms with E-state index >= 15 is 0 Å². The van der Waals surface area contributed by atoms with Gasteiger partial charge in [-0.3, -0.25) is 4.79 Å². The van der Waals surface area contributed by atoms with Crippen LogP contribution in [0.15, 0.2) is 53.4 Å². The molecule has 1 amide bonds. The van der Waals surface area contributed by atoms with Crippen molar-refractivity contribution in [3.8, 4) is 11.5 Å². The standard InChI is InChI=1S/C26H29ClN2O4S/c1-3-32-22-16-21(29-11-13-31-14-12-29)23(33-4-2)15-20(22)28-25(30)17-34-24-10-6-8-18-7-5-9-19(27)26(18)24/h5-10,15-16H,3-4,11-14,17H2,1-2H3,(H,28,30). The van der Waals surface area contributed by atoms with E-state index in [2.05, 4.69) is 10.2 Å². The first-order chi connectivity index (χ1) is 16.6. The molecule has 6 nitrogen and oxygen atoms in total. The molecule has 0 unspecified atom stereocenters. The van der Waals surface area contributed by atoms with Crippen molar-refractivity contribution in [2.45, 2.75) is 18.7 Å². The summed E-state index contributed by atoms with van der Waals surface area (Å²) in [4.78, 5) is 16.1. The zero-order valence-corrected chi connectivity index (χ0v) is 21.0. The van der Waals surface area contributed by atoms with Crippen LogP contribution in [0.4, 0.5) is 11.4 Å². The highest BCUT2D eigenvalue weighted by molar-refractivity contribution is 8.00. The second-order valence-corrected chi connectivity index (χ2v) is 9.14. The Hall–Kier alpha value is -2.61. The Morgan fingerprint density at radius 2 is 1.76 bits per heavy atom. The summed E-state index contributed by atoms with van der Waals surface area (Å²) < 4.78 is 17.3. The first-order valence-corrected chi connectivity index (χ1v) is 12.8. The maximum absolute atomic E-state index is 12.9. The van der Waals surface area contributed by atoms with Gasteiger partial charge in [0.25, 0.3) is 0 Å². The van der Waals surface area contributed by atoms with Crippen molar-refractivity contribution in [2.24, 2.45) is 0 Å². The lowest BCUT2D eigenvalue weighted by atomic mass is 10.1. The van der Waals surface area contributed by atoms with E-state index in [-0.39, 0.29) is 11.7 Å². The Labute approximate surface area is 209 Å². The van der Waals surface area contributed by atoms with Crippen LogP contribution in [-0.2, 0) is 9.53 Å². The molecule has 3 aromatic rings. The van der Waals surface area contributed by atoms with Crippen molar-refractivity contribution in [2.75, 3.05) is 55.5 Å². The maximum Gasteiger partial charge on any atom is 0.234 e. The molecule has 1 saturated heterocycles. The number of ether oxygens (including phenoxy) is 3. The first kappa shape index (κ1) is 24.5. The minimum Gasteiger partial charge on any atom is -0.492 e. The molecule has 0 radical (unpaired) electrons. The molecule has 8 heteroatoms. The summed E-state index contributed by atoms with van der Waals surface area (Å²) >= 11 is 7.89. The molecule has 1 fully saturated rings. The summed E-state index contributed by atoms with van der Waals surface area (Å²) in [6.07, 6.45) is 0.